The van der Waals surface area contributed by atoms with Crippen LogP contribution in [0.2, 0.25) is 0 Å². The van der Waals surface area contributed by atoms with Gasteiger partial charge in [-0.3, -0.25) is 5.32 Å². The van der Waals surface area contributed by atoms with Crippen LogP contribution in [-0.2, 0) is 0 Å². The summed E-state index contributed by atoms with van der Waals surface area (Å²) >= 11 is 0. The van der Waals surface area contributed by atoms with Crippen LogP contribution in [0.5, 0.6) is 0 Å². The van der Waals surface area contributed by atoms with Gasteiger partial charge >= 0.3 is 0 Å². The van der Waals surface area contributed by atoms with Crippen molar-refractivity contribution in [3.63, 3.8) is 0 Å². The lowest BCUT2D eigenvalue weighted by molar-refractivity contribution is -0.0955. The summed E-state index contributed by atoms with van der Waals surface area (Å²) < 4.78 is 0. The molecule has 0 aromatic rings. The van der Waals surface area contributed by atoms with E-state index in [9.17, 15) is 0 Å². The molecule has 0 spiro atoms. The topological polar surface area (TPSA) is 27.3 Å². The SMILES string of the molecule is CCCC(CC)C1(C(C)(C)C)CNC(C(C)(C)C)N(C)N1. The van der Waals surface area contributed by atoms with Gasteiger partial charge in [0.15, 0.2) is 0 Å². The van der Waals surface area contributed by atoms with E-state index >= 15 is 0 Å². The van der Waals surface area contributed by atoms with Crippen molar-refractivity contribution in [1.82, 2.24) is 15.8 Å². The minimum atomic E-state index is 0.119. The lowest BCUT2D eigenvalue weighted by Crippen LogP contribution is -2.77. The zero-order chi connectivity index (χ0) is 16.5. The molecule has 0 aromatic carbocycles. The molecule has 3 unspecified atom stereocenters. The molecule has 3 atom stereocenters. The Kier molecular flexibility index (Phi) is 5.91. The van der Waals surface area contributed by atoms with Gasteiger partial charge in [0.25, 0.3) is 0 Å². The molecule has 0 saturated carbocycles. The van der Waals surface area contributed by atoms with Crippen LogP contribution in [0.15, 0.2) is 0 Å². The molecular formula is C18H39N3. The Morgan fingerprint density at radius 1 is 1.14 bits per heavy atom. The standard InChI is InChI=1S/C18H39N3/c1-10-12-14(11-2)18(17(6,7)8)13-19-15(16(3,4)5)21(9)20-18/h14-15,19-20H,10-13H2,1-9H3. The Morgan fingerprint density at radius 3 is 2.05 bits per heavy atom. The molecule has 0 bridgehead atoms. The lowest BCUT2D eigenvalue weighted by Gasteiger charge is -2.59. The highest BCUT2D eigenvalue weighted by Gasteiger charge is 2.51. The van der Waals surface area contributed by atoms with Gasteiger partial charge in [0.05, 0.1) is 11.7 Å². The molecule has 126 valence electrons. The molecule has 0 aliphatic carbocycles. The van der Waals surface area contributed by atoms with Crippen LogP contribution in [0.1, 0.15) is 74.7 Å². The molecule has 21 heavy (non-hydrogen) atoms. The van der Waals surface area contributed by atoms with Gasteiger partial charge in [-0.15, -0.1) is 0 Å². The summed E-state index contributed by atoms with van der Waals surface area (Å²) in [6.07, 6.45) is 4.14. The Labute approximate surface area is 133 Å². The first-order chi connectivity index (χ1) is 9.49. The molecule has 1 aliphatic rings. The van der Waals surface area contributed by atoms with Crippen molar-refractivity contribution in [3.05, 3.63) is 0 Å². The third-order valence-corrected chi connectivity index (χ3v) is 5.32. The van der Waals surface area contributed by atoms with E-state index in [4.69, 9.17) is 0 Å². The van der Waals surface area contributed by atoms with Crippen LogP contribution >= 0.6 is 0 Å². The third-order valence-electron chi connectivity index (χ3n) is 5.32. The molecule has 3 nitrogen and oxygen atoms in total. The van der Waals surface area contributed by atoms with E-state index in [-0.39, 0.29) is 16.4 Å². The summed E-state index contributed by atoms with van der Waals surface area (Å²) in [4.78, 5) is 0. The second-order valence-corrected chi connectivity index (χ2v) is 8.99. The van der Waals surface area contributed by atoms with Crippen LogP contribution in [0, 0.1) is 16.7 Å². The second-order valence-electron chi connectivity index (χ2n) is 8.99. The van der Waals surface area contributed by atoms with Crippen LogP contribution < -0.4 is 10.7 Å². The molecular weight excluding hydrogens is 258 g/mol. The van der Waals surface area contributed by atoms with E-state index in [1.165, 1.54) is 19.3 Å². The number of hydrazine groups is 1. The smallest absolute Gasteiger partial charge is 0.0779 e. The Balaban J connectivity index is 3.09. The van der Waals surface area contributed by atoms with Crippen molar-refractivity contribution in [1.29, 1.82) is 0 Å². The molecule has 0 amide bonds. The summed E-state index contributed by atoms with van der Waals surface area (Å²) in [5.41, 5.74) is 4.49. The monoisotopic (exact) mass is 297 g/mol. The zero-order valence-electron chi connectivity index (χ0n) is 15.9. The molecule has 1 saturated heterocycles. The van der Waals surface area contributed by atoms with Crippen LogP contribution in [0.3, 0.4) is 0 Å². The summed E-state index contributed by atoms with van der Waals surface area (Å²) in [5.74, 6) is 0.693. The number of nitrogens with zero attached hydrogens (tertiary/aromatic N) is 1. The van der Waals surface area contributed by atoms with Crippen LogP contribution in [0.4, 0.5) is 0 Å². The summed E-state index contributed by atoms with van der Waals surface area (Å²) in [6.45, 7) is 19.7. The van der Waals surface area contributed by atoms with Crippen molar-refractivity contribution >= 4 is 0 Å². The molecule has 0 aromatic heterocycles. The first-order valence-electron chi connectivity index (χ1n) is 8.73. The maximum atomic E-state index is 3.93. The Bertz CT molecular complexity index is 326. The number of rotatable bonds is 4. The van der Waals surface area contributed by atoms with Crippen molar-refractivity contribution in [3.8, 4) is 0 Å². The number of hydrogen-bond acceptors (Lipinski definition) is 3. The van der Waals surface area contributed by atoms with Gasteiger partial charge in [-0.1, -0.05) is 68.2 Å². The Morgan fingerprint density at radius 2 is 1.71 bits per heavy atom. The molecule has 1 fully saturated rings. The average molecular weight is 298 g/mol. The van der Waals surface area contributed by atoms with Crippen LogP contribution in [0.25, 0.3) is 0 Å². The van der Waals surface area contributed by atoms with E-state index < -0.39 is 0 Å². The summed E-state index contributed by atoms with van der Waals surface area (Å²) in [6, 6.07) is 0. The Hall–Kier alpha value is -0.120. The average Bonchev–Trinajstić information content (AvgIpc) is 2.32. The number of hydrogen-bond donors (Lipinski definition) is 2. The quantitative estimate of drug-likeness (QED) is 0.821. The van der Waals surface area contributed by atoms with E-state index in [0.717, 1.165) is 6.54 Å². The van der Waals surface area contributed by atoms with Gasteiger partial charge in [-0.2, -0.15) is 0 Å². The maximum Gasteiger partial charge on any atom is 0.0779 e. The first kappa shape index (κ1) is 18.9. The number of nitrogens with one attached hydrogen (secondary N) is 2. The highest BCUT2D eigenvalue weighted by molar-refractivity contribution is 5.06. The molecule has 2 N–H and O–H groups in total. The fourth-order valence-electron chi connectivity index (χ4n) is 4.13. The summed E-state index contributed by atoms with van der Waals surface area (Å²) in [5, 5.41) is 6.17. The van der Waals surface area contributed by atoms with Crippen LogP contribution in [-0.4, -0.2) is 30.3 Å². The highest BCUT2D eigenvalue weighted by Crippen LogP contribution is 2.42. The normalized spacial score (nSPS) is 30.4. The highest BCUT2D eigenvalue weighted by atomic mass is 15.6. The van der Waals surface area contributed by atoms with Gasteiger partial charge in [0.2, 0.25) is 0 Å². The van der Waals surface area contributed by atoms with Crippen molar-refractivity contribution in [2.45, 2.75) is 86.4 Å². The van der Waals surface area contributed by atoms with Gasteiger partial charge in [-0.05, 0) is 23.2 Å². The van der Waals surface area contributed by atoms with Crippen molar-refractivity contribution in [2.75, 3.05) is 13.6 Å². The first-order valence-corrected chi connectivity index (χ1v) is 8.73. The van der Waals surface area contributed by atoms with E-state index in [1.54, 1.807) is 0 Å². The van der Waals surface area contributed by atoms with Crippen molar-refractivity contribution < 1.29 is 0 Å². The predicted molar refractivity (Wildman–Crippen MR) is 93.0 cm³/mol. The zero-order valence-corrected chi connectivity index (χ0v) is 15.9. The van der Waals surface area contributed by atoms with Crippen molar-refractivity contribution in [2.24, 2.45) is 16.7 Å². The van der Waals surface area contributed by atoms with Gasteiger partial charge < -0.3 is 0 Å². The minimum absolute atomic E-state index is 0.119. The fraction of sp³-hybridized carbons (Fsp3) is 1.00. The maximum absolute atomic E-state index is 3.93. The van der Waals surface area contributed by atoms with E-state index in [1.807, 2.05) is 0 Å². The van der Waals surface area contributed by atoms with Gasteiger partial charge in [0, 0.05) is 13.6 Å². The molecule has 1 rings (SSSR count). The molecule has 0 radical (unpaired) electrons. The van der Waals surface area contributed by atoms with E-state index in [0.29, 0.717) is 12.1 Å². The van der Waals surface area contributed by atoms with Gasteiger partial charge in [0.1, 0.15) is 0 Å². The third kappa shape index (κ3) is 3.80. The second kappa shape index (κ2) is 6.55. The molecule has 1 heterocycles. The lowest BCUT2D eigenvalue weighted by atomic mass is 9.63. The fourth-order valence-corrected chi connectivity index (χ4v) is 4.13. The minimum Gasteiger partial charge on any atom is -0.298 e. The largest absolute Gasteiger partial charge is 0.298 e. The molecule has 1 aliphatic heterocycles. The van der Waals surface area contributed by atoms with E-state index in [2.05, 4.69) is 78.2 Å². The summed E-state index contributed by atoms with van der Waals surface area (Å²) in [7, 11) is 2.20. The predicted octanol–water partition coefficient (Wildman–Crippen LogP) is 4.01. The van der Waals surface area contributed by atoms with Gasteiger partial charge in [-0.25, -0.2) is 10.4 Å². The molecule has 3 heteroatoms.